The van der Waals surface area contributed by atoms with Crippen molar-refractivity contribution in [3.63, 3.8) is 0 Å². The molecule has 0 saturated carbocycles. The van der Waals surface area contributed by atoms with E-state index in [4.69, 9.17) is 28.9 Å². The fraction of sp³-hybridized carbons (Fsp3) is 0.444. The first-order valence-corrected chi connectivity index (χ1v) is 13.1. The maximum Gasteiger partial charge on any atom is 0.255 e. The lowest BCUT2D eigenvalue weighted by Crippen LogP contribution is -2.59. The molecule has 0 bridgehead atoms. The first-order valence-electron chi connectivity index (χ1n) is 12.4. The van der Waals surface area contributed by atoms with Crippen LogP contribution in [0.5, 0.6) is 0 Å². The molecule has 0 radical (unpaired) electrons. The summed E-state index contributed by atoms with van der Waals surface area (Å²) >= 11 is 12.2. The van der Waals surface area contributed by atoms with Crippen LogP contribution >= 0.6 is 23.2 Å². The Kier molecular flexibility index (Phi) is 10.6. The van der Waals surface area contributed by atoms with Crippen LogP contribution in [0.4, 0.5) is 0 Å². The molecule has 2 atom stereocenters. The van der Waals surface area contributed by atoms with Crippen LogP contribution in [0.3, 0.4) is 0 Å². The van der Waals surface area contributed by atoms with Gasteiger partial charge in [-0.15, -0.1) is 0 Å². The Morgan fingerprint density at radius 1 is 1.06 bits per heavy atom. The summed E-state index contributed by atoms with van der Waals surface area (Å²) in [6, 6.07) is 13.6. The van der Waals surface area contributed by atoms with Crippen LogP contribution in [0.1, 0.15) is 48.5 Å². The van der Waals surface area contributed by atoms with Gasteiger partial charge in [-0.3, -0.25) is 14.4 Å². The molecular formula is C27H34Cl2N4O3. The minimum absolute atomic E-state index is 0.138. The van der Waals surface area contributed by atoms with Crippen LogP contribution in [-0.2, 0) is 16.0 Å². The number of hydrogen-bond acceptors (Lipinski definition) is 4. The van der Waals surface area contributed by atoms with Gasteiger partial charge < -0.3 is 20.9 Å². The van der Waals surface area contributed by atoms with E-state index in [1.165, 1.54) is 0 Å². The maximum absolute atomic E-state index is 13.6. The third-order valence-corrected chi connectivity index (χ3v) is 6.93. The monoisotopic (exact) mass is 532 g/mol. The molecule has 7 nitrogen and oxygen atoms in total. The highest BCUT2D eigenvalue weighted by molar-refractivity contribution is 6.36. The molecule has 2 aromatic carbocycles. The van der Waals surface area contributed by atoms with Crippen LogP contribution in [-0.4, -0.2) is 65.8 Å². The second kappa shape index (κ2) is 13.6. The van der Waals surface area contributed by atoms with Gasteiger partial charge in [0.05, 0.1) is 10.6 Å². The number of nitrogens with two attached hydrogens (primary N) is 1. The molecule has 3 rings (SSSR count). The lowest BCUT2D eigenvalue weighted by molar-refractivity contribution is -0.138. The molecule has 1 fully saturated rings. The van der Waals surface area contributed by atoms with Crippen molar-refractivity contribution in [2.45, 2.75) is 51.1 Å². The normalized spacial score (nSPS) is 16.5. The quantitative estimate of drug-likeness (QED) is 0.453. The number of hydrogen-bond donors (Lipinski definition) is 2. The number of amides is 3. The third-order valence-electron chi connectivity index (χ3n) is 6.39. The molecule has 1 heterocycles. The van der Waals surface area contributed by atoms with Crippen LogP contribution < -0.4 is 11.1 Å². The highest BCUT2D eigenvalue weighted by Gasteiger charge is 2.34. The van der Waals surface area contributed by atoms with Gasteiger partial charge in [0.15, 0.2) is 0 Å². The molecule has 2 unspecified atom stereocenters. The Balaban J connectivity index is 1.66. The fourth-order valence-electron chi connectivity index (χ4n) is 4.42. The van der Waals surface area contributed by atoms with E-state index in [0.29, 0.717) is 54.6 Å². The summed E-state index contributed by atoms with van der Waals surface area (Å²) in [6.45, 7) is 3.62. The minimum Gasteiger partial charge on any atom is -0.344 e. The molecule has 0 spiro atoms. The molecule has 0 aromatic heterocycles. The lowest BCUT2D eigenvalue weighted by atomic mass is 10.0. The third kappa shape index (κ3) is 7.69. The smallest absolute Gasteiger partial charge is 0.255 e. The average molecular weight is 534 g/mol. The van der Waals surface area contributed by atoms with Crippen molar-refractivity contribution >= 4 is 40.9 Å². The van der Waals surface area contributed by atoms with Crippen molar-refractivity contribution in [2.24, 2.45) is 5.73 Å². The largest absolute Gasteiger partial charge is 0.344 e. The zero-order valence-electron chi connectivity index (χ0n) is 20.6. The van der Waals surface area contributed by atoms with E-state index in [-0.39, 0.29) is 23.8 Å². The summed E-state index contributed by atoms with van der Waals surface area (Å²) in [5.41, 5.74) is 6.89. The first-order chi connectivity index (χ1) is 17.3. The first kappa shape index (κ1) is 28.0. The molecule has 0 aliphatic carbocycles. The van der Waals surface area contributed by atoms with E-state index in [1.54, 1.807) is 28.0 Å². The average Bonchev–Trinajstić information content (AvgIpc) is 2.86. The maximum atomic E-state index is 13.6. The summed E-state index contributed by atoms with van der Waals surface area (Å²) in [5, 5.41) is 3.72. The lowest BCUT2D eigenvalue weighted by Gasteiger charge is -2.41. The topological polar surface area (TPSA) is 95.7 Å². The summed E-state index contributed by atoms with van der Waals surface area (Å²) in [5.74, 6) is -0.471. The van der Waals surface area contributed by atoms with E-state index in [9.17, 15) is 14.4 Å². The van der Waals surface area contributed by atoms with Gasteiger partial charge in [-0.05, 0) is 50.1 Å². The van der Waals surface area contributed by atoms with Gasteiger partial charge in [0.1, 0.15) is 6.04 Å². The summed E-state index contributed by atoms with van der Waals surface area (Å²) in [4.78, 5) is 42.8. The summed E-state index contributed by atoms with van der Waals surface area (Å²) in [7, 11) is 0. The Bertz CT molecular complexity index is 1050. The Hall–Kier alpha value is -2.61. The van der Waals surface area contributed by atoms with Crippen molar-refractivity contribution in [2.75, 3.05) is 26.2 Å². The van der Waals surface area contributed by atoms with Crippen LogP contribution in [0.2, 0.25) is 10.0 Å². The van der Waals surface area contributed by atoms with E-state index in [0.717, 1.165) is 24.8 Å². The van der Waals surface area contributed by atoms with Crippen molar-refractivity contribution in [1.29, 1.82) is 0 Å². The molecule has 9 heteroatoms. The van der Waals surface area contributed by atoms with Gasteiger partial charge in [-0.25, -0.2) is 0 Å². The molecule has 1 saturated heterocycles. The fourth-order valence-corrected chi connectivity index (χ4v) is 4.91. The molecule has 2 aromatic rings. The molecular weight excluding hydrogens is 499 g/mol. The molecule has 36 heavy (non-hydrogen) atoms. The summed E-state index contributed by atoms with van der Waals surface area (Å²) < 4.78 is 0. The molecule has 1 aliphatic heterocycles. The molecule has 1 aliphatic rings. The summed E-state index contributed by atoms with van der Waals surface area (Å²) in [6.07, 6.45) is 3.26. The number of nitrogens with zero attached hydrogens (tertiary/aromatic N) is 2. The highest BCUT2D eigenvalue weighted by Crippen LogP contribution is 2.24. The zero-order chi connectivity index (χ0) is 26.1. The van der Waals surface area contributed by atoms with Gasteiger partial charge in [-0.1, -0.05) is 60.0 Å². The number of piperazine rings is 1. The second-order valence-corrected chi connectivity index (χ2v) is 10.0. The van der Waals surface area contributed by atoms with Gasteiger partial charge in [0, 0.05) is 43.5 Å². The van der Waals surface area contributed by atoms with Gasteiger partial charge in [0.25, 0.3) is 5.91 Å². The van der Waals surface area contributed by atoms with Crippen molar-refractivity contribution in [3.8, 4) is 0 Å². The predicted octanol–water partition coefficient (Wildman–Crippen LogP) is 3.91. The Morgan fingerprint density at radius 2 is 1.81 bits per heavy atom. The highest BCUT2D eigenvalue weighted by atomic mass is 35.5. The Morgan fingerprint density at radius 3 is 2.47 bits per heavy atom. The van der Waals surface area contributed by atoms with E-state index < -0.39 is 6.04 Å². The van der Waals surface area contributed by atoms with Crippen molar-refractivity contribution in [3.05, 3.63) is 69.7 Å². The number of unbranched alkanes of at least 4 members (excludes halogenated alkanes) is 2. The number of carbonyl (C=O) groups is 3. The standard InChI is InChI=1S/C27H34Cl2N4O3/c1-19-18-32(14-15-33(19)26(35)22-12-11-21(28)17-23(22)29)27(36)24(16-20-8-4-2-5-9-20)31-25(34)10-6-3-7-13-30/h2,4-5,8-9,11-12,17,19,24H,3,6-7,10,13-16,18,30H2,1H3,(H,31,34). The number of rotatable bonds is 10. The van der Waals surface area contributed by atoms with Gasteiger partial charge in [0.2, 0.25) is 11.8 Å². The van der Waals surface area contributed by atoms with Crippen molar-refractivity contribution in [1.82, 2.24) is 15.1 Å². The molecule has 3 amide bonds. The van der Waals surface area contributed by atoms with Crippen LogP contribution in [0, 0.1) is 0 Å². The molecule has 3 N–H and O–H groups in total. The number of carbonyl (C=O) groups excluding carboxylic acids is 3. The minimum atomic E-state index is -0.672. The van der Waals surface area contributed by atoms with E-state index in [2.05, 4.69) is 5.32 Å². The number of benzene rings is 2. The van der Waals surface area contributed by atoms with E-state index in [1.807, 2.05) is 37.3 Å². The Labute approximate surface area is 222 Å². The number of nitrogens with one attached hydrogen (secondary N) is 1. The SMILES string of the molecule is CC1CN(C(=O)C(Cc2ccccc2)NC(=O)CCCCCN)CCN1C(=O)c1ccc(Cl)cc1Cl. The van der Waals surface area contributed by atoms with E-state index >= 15 is 0 Å². The van der Waals surface area contributed by atoms with Crippen LogP contribution in [0.25, 0.3) is 0 Å². The predicted molar refractivity (Wildman–Crippen MR) is 143 cm³/mol. The van der Waals surface area contributed by atoms with Gasteiger partial charge >= 0.3 is 0 Å². The van der Waals surface area contributed by atoms with Crippen LogP contribution in [0.15, 0.2) is 48.5 Å². The molecule has 194 valence electrons. The van der Waals surface area contributed by atoms with Gasteiger partial charge in [-0.2, -0.15) is 0 Å². The van der Waals surface area contributed by atoms with Crippen molar-refractivity contribution < 1.29 is 14.4 Å². The number of halogens is 2. The zero-order valence-corrected chi connectivity index (χ0v) is 22.1. The second-order valence-electron chi connectivity index (χ2n) is 9.17.